The monoisotopic (exact) mass is 255 g/mol. The van der Waals surface area contributed by atoms with Gasteiger partial charge >= 0.3 is 0 Å². The minimum Gasteiger partial charge on any atom is -0.221 e. The molecule has 3 rings (SSSR count). The van der Waals surface area contributed by atoms with Crippen molar-refractivity contribution in [2.24, 2.45) is 0 Å². The van der Waals surface area contributed by atoms with Crippen molar-refractivity contribution in [3.05, 3.63) is 65.4 Å². The lowest BCUT2D eigenvalue weighted by Crippen LogP contribution is -1.96. The molecule has 1 aromatic carbocycles. The van der Waals surface area contributed by atoms with Crippen molar-refractivity contribution in [2.45, 2.75) is 19.8 Å². The fourth-order valence-electron chi connectivity index (χ4n) is 2.14. The summed E-state index contributed by atoms with van der Waals surface area (Å²) in [7, 11) is 0. The third-order valence-corrected chi connectivity index (χ3v) is 3.18. The van der Waals surface area contributed by atoms with E-state index in [0.29, 0.717) is 18.4 Å². The van der Waals surface area contributed by atoms with Crippen molar-refractivity contribution in [1.82, 2.24) is 14.6 Å². The summed E-state index contributed by atoms with van der Waals surface area (Å²) in [4.78, 5) is 4.49. The van der Waals surface area contributed by atoms with Crippen LogP contribution >= 0.6 is 0 Å². The second-order valence-electron chi connectivity index (χ2n) is 4.58. The van der Waals surface area contributed by atoms with E-state index in [1.807, 2.05) is 31.3 Å². The number of halogens is 1. The summed E-state index contributed by atoms with van der Waals surface area (Å²) in [6.07, 6.45) is 3.13. The van der Waals surface area contributed by atoms with E-state index in [1.54, 1.807) is 16.6 Å². The molecular formula is C15H14FN3. The molecule has 0 aliphatic carbocycles. The van der Waals surface area contributed by atoms with Gasteiger partial charge in [0.25, 0.3) is 0 Å². The molecular weight excluding hydrogens is 241 g/mol. The van der Waals surface area contributed by atoms with E-state index < -0.39 is 0 Å². The van der Waals surface area contributed by atoms with E-state index >= 15 is 0 Å². The zero-order valence-corrected chi connectivity index (χ0v) is 10.7. The first-order valence-corrected chi connectivity index (χ1v) is 6.28. The summed E-state index contributed by atoms with van der Waals surface area (Å²) in [5.41, 5.74) is 2.66. The number of hydrogen-bond acceptors (Lipinski definition) is 2. The lowest BCUT2D eigenvalue weighted by Gasteiger charge is -1.99. The molecule has 0 bridgehead atoms. The quantitative estimate of drug-likeness (QED) is 0.720. The van der Waals surface area contributed by atoms with Crippen LogP contribution in [0.3, 0.4) is 0 Å². The molecule has 0 saturated carbocycles. The first-order valence-electron chi connectivity index (χ1n) is 6.28. The van der Waals surface area contributed by atoms with Gasteiger partial charge in [-0.05, 0) is 36.6 Å². The Bertz CT molecular complexity index is 718. The second kappa shape index (κ2) is 4.80. The van der Waals surface area contributed by atoms with E-state index in [1.165, 1.54) is 6.07 Å². The molecule has 0 saturated heterocycles. The van der Waals surface area contributed by atoms with Gasteiger partial charge in [0, 0.05) is 12.6 Å². The zero-order chi connectivity index (χ0) is 13.2. The SMILES string of the molecule is Cc1cccn2nc(CCc3ccccc3F)nc12. The third-order valence-electron chi connectivity index (χ3n) is 3.18. The summed E-state index contributed by atoms with van der Waals surface area (Å²) in [5.74, 6) is 0.583. The average Bonchev–Trinajstić information content (AvgIpc) is 2.82. The number of fused-ring (bicyclic) bond motifs is 1. The molecule has 19 heavy (non-hydrogen) atoms. The van der Waals surface area contributed by atoms with Gasteiger partial charge in [0.05, 0.1) is 0 Å². The Labute approximate surface area is 110 Å². The van der Waals surface area contributed by atoms with Crippen LogP contribution in [0.4, 0.5) is 4.39 Å². The van der Waals surface area contributed by atoms with E-state index in [4.69, 9.17) is 0 Å². The van der Waals surface area contributed by atoms with E-state index in [2.05, 4.69) is 10.1 Å². The van der Waals surface area contributed by atoms with Crippen LogP contribution in [0.15, 0.2) is 42.6 Å². The molecule has 0 spiro atoms. The Hall–Kier alpha value is -2.23. The number of aromatic nitrogens is 3. The number of pyridine rings is 1. The van der Waals surface area contributed by atoms with E-state index in [0.717, 1.165) is 17.0 Å². The molecule has 4 heteroatoms. The molecule has 3 nitrogen and oxygen atoms in total. The number of rotatable bonds is 3. The van der Waals surface area contributed by atoms with Gasteiger partial charge in [-0.25, -0.2) is 13.9 Å². The highest BCUT2D eigenvalue weighted by Gasteiger charge is 2.07. The summed E-state index contributed by atoms with van der Waals surface area (Å²) in [6.45, 7) is 2.00. The molecule has 3 aromatic rings. The van der Waals surface area contributed by atoms with E-state index in [-0.39, 0.29) is 5.82 Å². The van der Waals surface area contributed by atoms with Gasteiger partial charge in [0.15, 0.2) is 11.5 Å². The van der Waals surface area contributed by atoms with E-state index in [9.17, 15) is 4.39 Å². The molecule has 0 fully saturated rings. The molecule has 0 atom stereocenters. The Morgan fingerprint density at radius 3 is 2.74 bits per heavy atom. The number of nitrogens with zero attached hydrogens (tertiary/aromatic N) is 3. The minimum atomic E-state index is -0.164. The first kappa shape index (κ1) is 11.8. The van der Waals surface area contributed by atoms with Crippen molar-refractivity contribution < 1.29 is 4.39 Å². The van der Waals surface area contributed by atoms with Crippen LogP contribution in [0.1, 0.15) is 17.0 Å². The maximum atomic E-state index is 13.5. The van der Waals surface area contributed by atoms with Gasteiger partial charge in [0.1, 0.15) is 5.82 Å². The van der Waals surface area contributed by atoms with Crippen LogP contribution < -0.4 is 0 Å². The minimum absolute atomic E-state index is 0.164. The molecule has 0 aliphatic heterocycles. The van der Waals surface area contributed by atoms with Gasteiger partial charge in [0.2, 0.25) is 0 Å². The van der Waals surface area contributed by atoms with Crippen LogP contribution in [-0.2, 0) is 12.8 Å². The Kier molecular flexibility index (Phi) is 2.99. The second-order valence-corrected chi connectivity index (χ2v) is 4.58. The average molecular weight is 255 g/mol. The summed E-state index contributed by atoms with van der Waals surface area (Å²) in [5, 5.41) is 4.40. The normalized spacial score (nSPS) is 11.1. The number of aryl methyl sites for hydroxylation is 3. The lowest BCUT2D eigenvalue weighted by atomic mass is 10.1. The van der Waals surface area contributed by atoms with Gasteiger partial charge in [-0.3, -0.25) is 0 Å². The fraction of sp³-hybridized carbons (Fsp3) is 0.200. The van der Waals surface area contributed by atoms with Crippen molar-refractivity contribution in [2.75, 3.05) is 0 Å². The molecule has 0 amide bonds. The molecule has 0 radical (unpaired) electrons. The largest absolute Gasteiger partial charge is 0.221 e. The van der Waals surface area contributed by atoms with Crippen molar-refractivity contribution in [1.29, 1.82) is 0 Å². The molecule has 0 unspecified atom stereocenters. The Morgan fingerprint density at radius 2 is 1.95 bits per heavy atom. The summed E-state index contributed by atoms with van der Waals surface area (Å²) in [6, 6.07) is 10.8. The standard InChI is InChI=1S/C15H14FN3/c1-11-5-4-10-19-15(11)17-14(18-19)9-8-12-6-2-3-7-13(12)16/h2-7,10H,8-9H2,1H3. The van der Waals surface area contributed by atoms with Gasteiger partial charge in [-0.1, -0.05) is 24.3 Å². The lowest BCUT2D eigenvalue weighted by molar-refractivity contribution is 0.607. The van der Waals surface area contributed by atoms with Crippen molar-refractivity contribution in [3.8, 4) is 0 Å². The molecule has 0 aliphatic rings. The van der Waals surface area contributed by atoms with Gasteiger partial charge < -0.3 is 0 Å². The first-order chi connectivity index (χ1) is 9.24. The highest BCUT2D eigenvalue weighted by Crippen LogP contribution is 2.11. The predicted octanol–water partition coefficient (Wildman–Crippen LogP) is 2.96. The summed E-state index contributed by atoms with van der Waals surface area (Å²) < 4.78 is 15.3. The van der Waals surface area contributed by atoms with Crippen LogP contribution in [0, 0.1) is 12.7 Å². The third kappa shape index (κ3) is 2.34. The van der Waals surface area contributed by atoms with Crippen LogP contribution in [0.5, 0.6) is 0 Å². The van der Waals surface area contributed by atoms with Gasteiger partial charge in [-0.15, -0.1) is 0 Å². The zero-order valence-electron chi connectivity index (χ0n) is 10.7. The van der Waals surface area contributed by atoms with Crippen molar-refractivity contribution in [3.63, 3.8) is 0 Å². The highest BCUT2D eigenvalue weighted by atomic mass is 19.1. The molecule has 96 valence electrons. The Balaban J connectivity index is 1.83. The number of hydrogen-bond donors (Lipinski definition) is 0. The highest BCUT2D eigenvalue weighted by molar-refractivity contribution is 5.45. The maximum Gasteiger partial charge on any atom is 0.158 e. The van der Waals surface area contributed by atoms with Crippen LogP contribution in [0.2, 0.25) is 0 Å². The molecule has 2 aromatic heterocycles. The molecule has 2 heterocycles. The predicted molar refractivity (Wildman–Crippen MR) is 71.5 cm³/mol. The van der Waals surface area contributed by atoms with Crippen LogP contribution in [-0.4, -0.2) is 14.6 Å². The van der Waals surface area contributed by atoms with Gasteiger partial charge in [-0.2, -0.15) is 5.10 Å². The smallest absolute Gasteiger partial charge is 0.158 e. The molecule has 0 N–H and O–H groups in total. The number of benzene rings is 1. The fourth-order valence-corrected chi connectivity index (χ4v) is 2.14. The maximum absolute atomic E-state index is 13.5. The topological polar surface area (TPSA) is 30.2 Å². The van der Waals surface area contributed by atoms with Crippen molar-refractivity contribution >= 4 is 5.65 Å². The Morgan fingerprint density at radius 1 is 1.11 bits per heavy atom. The van der Waals surface area contributed by atoms with Crippen LogP contribution in [0.25, 0.3) is 5.65 Å². The summed E-state index contributed by atoms with van der Waals surface area (Å²) >= 11 is 0.